The van der Waals surface area contributed by atoms with Crippen LogP contribution < -0.4 is 0 Å². The van der Waals surface area contributed by atoms with Crippen LogP contribution in [-0.2, 0) is 0 Å². The molecule has 0 aliphatic carbocycles. The van der Waals surface area contributed by atoms with Crippen molar-refractivity contribution in [2.75, 3.05) is 0 Å². The summed E-state index contributed by atoms with van der Waals surface area (Å²) in [5.41, 5.74) is 30.8. The molecule has 0 aliphatic rings. The summed E-state index contributed by atoms with van der Waals surface area (Å²) in [5, 5.41) is 24.7. The van der Waals surface area contributed by atoms with E-state index >= 15 is 0 Å². The molecule has 0 radical (unpaired) electrons. The standard InChI is InChI=1S/C45H25NO3.2C45H25NOS2/c1-5-13-37-33(11-1)43-34-12-4-8-16-40(34)49-45(43)44(46-37)30-22-28(26-17-19-41-35(24-26)31-9-2-6-14-38(31)47-41)21-29(23-30)27-18-20-42-36(25-27)32-10-3-7-15-39(32)48-42;1-5-19-37-35(13-1)41-36-14-2-6-20-38(36)47-43(41)42(46-37)28-24-26(29-15-9-17-33-31-11-3-7-21-39(31)48-44(29)33)23-27(25-28)30-16-10-18-34-32-12-4-8-22-40(32)49-45(30)34;1-5-13-37-33(11-1)43-34-12-2-6-14-38(34)47-45(43)44(46-37)30-22-28(26-17-19-41-35(24-26)31-9-3-7-15-39(31)48-41)21-29(23-30)27-18-20-42-36(25-27)32-10-4-8-16-40(32)49-42/h3*1-25H. The van der Waals surface area contributed by atoms with Crippen molar-refractivity contribution in [2.45, 2.75) is 0 Å². The van der Waals surface area contributed by atoms with Gasteiger partial charge in [0.05, 0.1) is 16.6 Å². The number of hydrogen-bond acceptors (Lipinski definition) is 12. The number of benzene rings is 21. The number of para-hydroxylation sites is 8. The molecule has 8 nitrogen and oxygen atoms in total. The van der Waals surface area contributed by atoms with Crippen molar-refractivity contribution in [1.29, 1.82) is 0 Å². The Morgan fingerprint density at radius 3 is 0.748 bits per heavy atom. The van der Waals surface area contributed by atoms with E-state index in [4.69, 9.17) is 37.0 Å². The van der Waals surface area contributed by atoms with Gasteiger partial charge in [-0.25, -0.2) is 15.0 Å². The van der Waals surface area contributed by atoms with Gasteiger partial charge in [0, 0.05) is 167 Å². The molecular weight excluding hydrogens is 1870 g/mol. The second-order valence-corrected chi connectivity index (χ2v) is 42.3. The molecule has 0 unspecified atom stereocenters. The number of thiophene rings is 4. The Morgan fingerprint density at radius 1 is 0.143 bits per heavy atom. The lowest BCUT2D eigenvalue weighted by Gasteiger charge is -2.13. The minimum Gasteiger partial charge on any atom is -0.456 e. The van der Waals surface area contributed by atoms with E-state index in [1.165, 1.54) is 114 Å². The van der Waals surface area contributed by atoms with E-state index in [0.29, 0.717) is 0 Å². The number of nitrogens with zero attached hydrogens (tertiary/aromatic N) is 3. The molecule has 0 saturated carbocycles. The first-order chi connectivity index (χ1) is 72.8. The van der Waals surface area contributed by atoms with Crippen molar-refractivity contribution >= 4 is 268 Å². The highest BCUT2D eigenvalue weighted by Crippen LogP contribution is 2.52. The third kappa shape index (κ3) is 13.6. The molecule has 0 bridgehead atoms. The minimum absolute atomic E-state index is 0.788. The highest BCUT2D eigenvalue weighted by atomic mass is 32.1. The van der Waals surface area contributed by atoms with Crippen molar-refractivity contribution in [3.63, 3.8) is 0 Å². The maximum atomic E-state index is 6.70. The van der Waals surface area contributed by atoms with Gasteiger partial charge in [0.1, 0.15) is 56.2 Å². The minimum atomic E-state index is 0.788. The molecule has 12 aromatic heterocycles. The molecule has 33 aromatic rings. The molecular formula is C135H75N3O5S4. The Kier molecular flexibility index (Phi) is 18.8. The van der Waals surface area contributed by atoms with Crippen LogP contribution >= 0.6 is 45.3 Å². The fourth-order valence-corrected chi connectivity index (χ4v) is 27.4. The van der Waals surface area contributed by atoms with Gasteiger partial charge in [-0.3, -0.25) is 0 Å². The van der Waals surface area contributed by atoms with Crippen LogP contribution in [0.3, 0.4) is 0 Å². The van der Waals surface area contributed by atoms with Crippen molar-refractivity contribution in [2.24, 2.45) is 0 Å². The van der Waals surface area contributed by atoms with Gasteiger partial charge in [-0.1, -0.05) is 279 Å². The zero-order valence-electron chi connectivity index (χ0n) is 78.3. The van der Waals surface area contributed by atoms with Crippen LogP contribution in [0, 0.1) is 0 Å². The van der Waals surface area contributed by atoms with Crippen LogP contribution in [0.25, 0.3) is 324 Å². The number of hydrogen-bond donors (Lipinski definition) is 0. The van der Waals surface area contributed by atoms with Gasteiger partial charge in [0.25, 0.3) is 0 Å². The largest absolute Gasteiger partial charge is 0.456 e. The number of furan rings is 5. The Morgan fingerprint density at radius 2 is 0.388 bits per heavy atom. The summed E-state index contributed by atoms with van der Waals surface area (Å²) in [7, 11) is 0. The Balaban J connectivity index is 0.0000000999. The summed E-state index contributed by atoms with van der Waals surface area (Å²) in [4.78, 5) is 15.9. The van der Waals surface area contributed by atoms with Gasteiger partial charge in [-0.05, 0) is 243 Å². The summed E-state index contributed by atoms with van der Waals surface area (Å²) < 4.78 is 42.8. The summed E-state index contributed by atoms with van der Waals surface area (Å²) >= 11 is 7.44. The van der Waals surface area contributed by atoms with E-state index in [2.05, 4.69) is 400 Å². The quantitative estimate of drug-likeness (QED) is 0.141. The molecule has 0 saturated heterocycles. The van der Waals surface area contributed by atoms with E-state index in [-0.39, 0.29) is 0 Å². The van der Waals surface area contributed by atoms with Crippen LogP contribution in [0.1, 0.15) is 0 Å². The predicted molar refractivity (Wildman–Crippen MR) is 622 cm³/mol. The summed E-state index contributed by atoms with van der Waals surface area (Å²) in [6.07, 6.45) is 0. The molecule has 0 N–H and O–H groups in total. The summed E-state index contributed by atoms with van der Waals surface area (Å²) in [6, 6.07) is 162. The lowest BCUT2D eigenvalue weighted by molar-refractivity contribution is 0.668. The first kappa shape index (κ1) is 83.4. The third-order valence-corrected chi connectivity index (χ3v) is 34.3. The van der Waals surface area contributed by atoms with Gasteiger partial charge in [-0.2, -0.15) is 0 Å². The number of pyridine rings is 3. The average Bonchev–Trinajstić information content (AvgIpc) is 1.61. The fourth-order valence-electron chi connectivity index (χ4n) is 22.7. The molecule has 12 heterocycles. The maximum absolute atomic E-state index is 6.70. The Hall–Kier alpha value is -18.3. The van der Waals surface area contributed by atoms with E-state index in [1.807, 2.05) is 99.9 Å². The monoisotopic (exact) mass is 1950 g/mol. The maximum Gasteiger partial charge on any atom is 0.162 e. The van der Waals surface area contributed by atoms with Crippen LogP contribution in [0.2, 0.25) is 0 Å². The van der Waals surface area contributed by atoms with Gasteiger partial charge in [0.15, 0.2) is 16.7 Å². The van der Waals surface area contributed by atoms with Crippen LogP contribution in [0.15, 0.2) is 477 Å². The molecule has 12 heteroatoms. The van der Waals surface area contributed by atoms with Gasteiger partial charge in [0.2, 0.25) is 0 Å². The second-order valence-electron chi connectivity index (χ2n) is 38.0. The zero-order chi connectivity index (χ0) is 96.2. The van der Waals surface area contributed by atoms with Crippen LogP contribution in [0.5, 0.6) is 0 Å². The second kappa shape index (κ2) is 33.2. The van der Waals surface area contributed by atoms with E-state index in [1.54, 1.807) is 0 Å². The van der Waals surface area contributed by atoms with Crippen molar-refractivity contribution in [3.8, 4) is 101 Å². The van der Waals surface area contributed by atoms with Crippen molar-refractivity contribution in [3.05, 3.63) is 455 Å². The third-order valence-electron chi connectivity index (χ3n) is 29.5. The highest BCUT2D eigenvalue weighted by Gasteiger charge is 2.27. The van der Waals surface area contributed by atoms with E-state index < -0.39 is 0 Å². The number of rotatable bonds is 9. The van der Waals surface area contributed by atoms with Crippen LogP contribution in [0.4, 0.5) is 0 Å². The van der Waals surface area contributed by atoms with Gasteiger partial charge in [-0.15, -0.1) is 45.3 Å². The van der Waals surface area contributed by atoms with Crippen molar-refractivity contribution in [1.82, 2.24) is 15.0 Å². The number of aromatic nitrogens is 3. The highest BCUT2D eigenvalue weighted by molar-refractivity contribution is 7.27. The predicted octanol–water partition coefficient (Wildman–Crippen LogP) is 40.7. The average molecular weight is 1950 g/mol. The van der Waals surface area contributed by atoms with Crippen molar-refractivity contribution < 1.29 is 22.1 Å². The van der Waals surface area contributed by atoms with Crippen LogP contribution in [-0.4, -0.2) is 15.0 Å². The molecule has 0 fully saturated rings. The lowest BCUT2D eigenvalue weighted by Crippen LogP contribution is -1.91. The molecule has 147 heavy (non-hydrogen) atoms. The van der Waals surface area contributed by atoms with E-state index in [0.717, 1.165) is 210 Å². The Labute approximate surface area is 854 Å². The number of fused-ring (bicyclic) bond motifs is 33. The molecule has 33 rings (SSSR count). The Bertz CT molecular complexity index is 10600. The van der Waals surface area contributed by atoms with Gasteiger partial charge < -0.3 is 22.1 Å². The summed E-state index contributed by atoms with van der Waals surface area (Å²) in [5.74, 6) is 0. The molecule has 0 aliphatic heterocycles. The smallest absolute Gasteiger partial charge is 0.162 e. The molecule has 0 spiro atoms. The molecule has 0 atom stereocenters. The molecule has 0 amide bonds. The molecule has 21 aromatic carbocycles. The zero-order valence-corrected chi connectivity index (χ0v) is 81.6. The fraction of sp³-hybridized carbons (Fsp3) is 0. The topological polar surface area (TPSA) is 104 Å². The normalized spacial score (nSPS) is 12.1. The SMILES string of the molecule is c1ccc2c(c1)nc(-c1cc(-c3ccc4oc5ccccc5c4c3)cc(-c3ccc4oc5ccccc5c4c3)c1)c1oc3ccccc3c12.c1ccc2c(c1)nc(-c1cc(-c3ccc4sc5ccccc5c4c3)cc(-c3ccc4sc5ccccc5c4c3)c1)c1oc3ccccc3c12.c1ccc2c(c1)nc(-c1cc(-c3cccc4c3sc3ccccc34)cc(-c3cccc4c3sc3ccccc34)c1)c1oc3ccccc3c12. The van der Waals surface area contributed by atoms with E-state index in [9.17, 15) is 0 Å². The lowest BCUT2D eigenvalue weighted by atomic mass is 9.93. The first-order valence-corrected chi connectivity index (χ1v) is 52.6. The molecule has 684 valence electrons. The first-order valence-electron chi connectivity index (χ1n) is 49.3. The summed E-state index contributed by atoms with van der Waals surface area (Å²) in [6.45, 7) is 0. The van der Waals surface area contributed by atoms with Gasteiger partial charge >= 0.3 is 0 Å².